The number of aromatic nitrogens is 1. The maximum atomic E-state index is 12.4. The van der Waals surface area contributed by atoms with Crippen LogP contribution in [0.3, 0.4) is 0 Å². The van der Waals surface area contributed by atoms with Crippen LogP contribution in [0.4, 0.5) is 5.13 Å². The SMILES string of the molecule is CO/N=C(\C(=O)N[C@@H]1C(=O)N(O[C@H](OC(C)=O)C(=O)[O-])[C@H]1C)c1csc(N)n1.[K+]. The molecule has 152 valence electrons. The average molecular weight is 453 g/mol. The first-order valence-corrected chi connectivity index (χ1v) is 8.55. The predicted octanol–water partition coefficient (Wildman–Crippen LogP) is -5.63. The van der Waals surface area contributed by atoms with Gasteiger partial charge in [0.25, 0.3) is 18.1 Å². The van der Waals surface area contributed by atoms with Crippen molar-refractivity contribution in [2.45, 2.75) is 32.2 Å². The van der Waals surface area contributed by atoms with E-state index in [1.165, 1.54) is 19.4 Å². The molecular weight excluding hydrogens is 437 g/mol. The van der Waals surface area contributed by atoms with Gasteiger partial charge in [-0.25, -0.2) is 14.9 Å². The van der Waals surface area contributed by atoms with Gasteiger partial charge in [0.1, 0.15) is 24.8 Å². The number of hydrogen-bond acceptors (Lipinski definition) is 12. The van der Waals surface area contributed by atoms with Gasteiger partial charge in [-0.3, -0.25) is 14.4 Å². The number of ether oxygens (including phenoxy) is 1. The molecule has 1 aromatic heterocycles. The monoisotopic (exact) mass is 453 g/mol. The summed E-state index contributed by atoms with van der Waals surface area (Å²) in [6.45, 7) is 2.44. The number of thiazole rings is 1. The number of amides is 2. The van der Waals surface area contributed by atoms with Crippen LogP contribution in [0, 0.1) is 0 Å². The van der Waals surface area contributed by atoms with E-state index in [1.54, 1.807) is 0 Å². The van der Waals surface area contributed by atoms with Crippen LogP contribution in [-0.2, 0) is 33.6 Å². The Hall–Kier alpha value is -1.62. The summed E-state index contributed by atoms with van der Waals surface area (Å²) >= 11 is 1.08. The van der Waals surface area contributed by atoms with E-state index in [9.17, 15) is 24.3 Å². The fraction of sp³-hybridized carbons (Fsp3) is 0.429. The van der Waals surface area contributed by atoms with Crippen LogP contribution < -0.4 is 67.5 Å². The van der Waals surface area contributed by atoms with Crippen LogP contribution >= 0.6 is 11.3 Å². The first kappa shape index (κ1) is 25.4. The number of carbonyl (C=O) groups excluding carboxylic acids is 4. The molecule has 0 radical (unpaired) electrons. The van der Waals surface area contributed by atoms with Crippen LogP contribution in [0.25, 0.3) is 0 Å². The number of nitrogen functional groups attached to an aromatic ring is 1. The third-order valence-corrected chi connectivity index (χ3v) is 4.13. The minimum atomic E-state index is -2.11. The summed E-state index contributed by atoms with van der Waals surface area (Å²) in [5, 5.41) is 19.3. The summed E-state index contributed by atoms with van der Waals surface area (Å²) in [4.78, 5) is 59.9. The number of hydroxylamine groups is 2. The van der Waals surface area contributed by atoms with E-state index in [1.807, 2.05) is 0 Å². The number of aliphatic carboxylic acids is 1. The van der Waals surface area contributed by atoms with Crippen molar-refractivity contribution in [3.63, 3.8) is 0 Å². The van der Waals surface area contributed by atoms with Gasteiger partial charge in [-0.05, 0) is 6.92 Å². The fourth-order valence-electron chi connectivity index (χ4n) is 2.20. The summed E-state index contributed by atoms with van der Waals surface area (Å²) in [7, 11) is 1.23. The first-order chi connectivity index (χ1) is 13.1. The maximum absolute atomic E-state index is 12.4. The van der Waals surface area contributed by atoms with Crippen LogP contribution in [-0.4, -0.2) is 65.0 Å². The third kappa shape index (κ3) is 6.18. The Labute approximate surface area is 210 Å². The second kappa shape index (κ2) is 11.0. The molecule has 0 unspecified atom stereocenters. The molecule has 2 amide bonds. The molecule has 29 heavy (non-hydrogen) atoms. The second-order valence-corrected chi connectivity index (χ2v) is 6.30. The second-order valence-electron chi connectivity index (χ2n) is 5.42. The minimum absolute atomic E-state index is 0. The normalized spacial score (nSPS) is 19.5. The zero-order chi connectivity index (χ0) is 21.0. The van der Waals surface area contributed by atoms with E-state index in [-0.39, 0.29) is 67.9 Å². The molecule has 13 nitrogen and oxygen atoms in total. The molecule has 1 aliphatic rings. The Balaban J connectivity index is 0.00000420. The molecule has 2 heterocycles. The van der Waals surface area contributed by atoms with Gasteiger partial charge >= 0.3 is 57.4 Å². The quantitative estimate of drug-likeness (QED) is 0.0959. The topological polar surface area (TPSA) is 186 Å². The Morgan fingerprint density at radius 3 is 2.55 bits per heavy atom. The molecule has 3 atom stereocenters. The number of carboxylic acid groups (broad SMARTS) is 1. The van der Waals surface area contributed by atoms with Crippen molar-refractivity contribution in [3.8, 4) is 0 Å². The summed E-state index contributed by atoms with van der Waals surface area (Å²) in [5.41, 5.74) is 5.48. The molecule has 0 saturated carbocycles. The van der Waals surface area contributed by atoms with Crippen LogP contribution in [0.2, 0.25) is 0 Å². The van der Waals surface area contributed by atoms with Crippen molar-refractivity contribution in [1.29, 1.82) is 0 Å². The molecule has 1 aromatic rings. The van der Waals surface area contributed by atoms with E-state index in [0.717, 1.165) is 18.3 Å². The molecular formula is C14H16KN5O8S. The number of oxime groups is 1. The molecule has 2 rings (SSSR count). The van der Waals surface area contributed by atoms with Gasteiger partial charge in [0.05, 0.1) is 6.04 Å². The van der Waals surface area contributed by atoms with E-state index < -0.39 is 42.1 Å². The van der Waals surface area contributed by atoms with Gasteiger partial charge in [-0.2, -0.15) is 0 Å². The standard InChI is InChI=1S/C14H17N5O8S.K/c1-5-8(11(22)19(5)27-13(12(23)24)26-6(2)20)17-10(21)9(18-25-3)7-4-28-14(15)16-7;/h4-5,8,13H,1-3H3,(H2,15,16)(H,17,21)(H,23,24);/q;+1/p-1/b18-9-;/t5-,8-,13-;/m0./s1. The van der Waals surface area contributed by atoms with Gasteiger partial charge in [0, 0.05) is 12.3 Å². The number of anilines is 1. The number of hydrogen-bond donors (Lipinski definition) is 2. The van der Waals surface area contributed by atoms with Crippen molar-refractivity contribution in [3.05, 3.63) is 11.1 Å². The summed E-state index contributed by atoms with van der Waals surface area (Å²) in [5.74, 6) is -4.33. The summed E-state index contributed by atoms with van der Waals surface area (Å²) in [6.07, 6.45) is -2.11. The zero-order valence-corrected chi connectivity index (χ0v) is 19.8. The maximum Gasteiger partial charge on any atom is 1.00 e. The number of nitrogens with one attached hydrogen (secondary N) is 1. The summed E-state index contributed by atoms with van der Waals surface area (Å²) < 4.78 is 4.40. The number of nitrogens with zero attached hydrogens (tertiary/aromatic N) is 3. The van der Waals surface area contributed by atoms with E-state index in [2.05, 4.69) is 25.0 Å². The predicted molar refractivity (Wildman–Crippen MR) is 90.0 cm³/mol. The number of nitrogens with two attached hydrogens (primary N) is 1. The molecule has 0 bridgehead atoms. The van der Waals surface area contributed by atoms with Crippen molar-refractivity contribution < 1.29 is 90.1 Å². The number of rotatable bonds is 8. The number of carboxylic acids is 1. The van der Waals surface area contributed by atoms with Crippen molar-refractivity contribution >= 4 is 45.9 Å². The van der Waals surface area contributed by atoms with Crippen LogP contribution in [0.15, 0.2) is 10.5 Å². The molecule has 1 saturated heterocycles. The van der Waals surface area contributed by atoms with Gasteiger partial charge in [0.2, 0.25) is 0 Å². The number of β-lactam (4-membered cyclic amide) rings is 1. The van der Waals surface area contributed by atoms with E-state index >= 15 is 0 Å². The van der Waals surface area contributed by atoms with Crippen molar-refractivity contribution in [1.82, 2.24) is 15.4 Å². The Kier molecular flexibility index (Phi) is 9.60. The largest absolute Gasteiger partial charge is 1.00 e. The van der Waals surface area contributed by atoms with E-state index in [4.69, 9.17) is 10.6 Å². The van der Waals surface area contributed by atoms with Gasteiger partial charge in [-0.1, -0.05) is 5.16 Å². The first-order valence-electron chi connectivity index (χ1n) is 7.67. The zero-order valence-electron chi connectivity index (χ0n) is 15.9. The van der Waals surface area contributed by atoms with Crippen LogP contribution in [0.5, 0.6) is 0 Å². The molecule has 0 spiro atoms. The number of esters is 1. The van der Waals surface area contributed by atoms with Crippen molar-refractivity contribution in [2.24, 2.45) is 5.16 Å². The molecule has 1 aliphatic heterocycles. The Morgan fingerprint density at radius 2 is 2.10 bits per heavy atom. The Bertz CT molecular complexity index is 831. The van der Waals surface area contributed by atoms with Gasteiger partial charge in [-0.15, -0.1) is 11.3 Å². The van der Waals surface area contributed by atoms with Gasteiger partial charge < -0.3 is 30.5 Å². The molecule has 15 heteroatoms. The molecule has 3 N–H and O–H groups in total. The van der Waals surface area contributed by atoms with Gasteiger partial charge in [0.15, 0.2) is 10.8 Å². The summed E-state index contributed by atoms with van der Waals surface area (Å²) in [6, 6.07) is -1.83. The third-order valence-electron chi connectivity index (χ3n) is 3.46. The minimum Gasteiger partial charge on any atom is -0.544 e. The van der Waals surface area contributed by atoms with E-state index in [0.29, 0.717) is 5.06 Å². The van der Waals surface area contributed by atoms with Crippen LogP contribution in [0.1, 0.15) is 19.5 Å². The number of carbonyl (C=O) groups is 4. The Morgan fingerprint density at radius 1 is 1.45 bits per heavy atom. The molecule has 1 fully saturated rings. The fourth-order valence-corrected chi connectivity index (χ4v) is 2.74. The molecule has 0 aromatic carbocycles. The average Bonchev–Trinajstić information content (AvgIpc) is 3.05. The smallest absolute Gasteiger partial charge is 0.544 e. The van der Waals surface area contributed by atoms with Crippen molar-refractivity contribution in [2.75, 3.05) is 12.8 Å². The molecule has 0 aliphatic carbocycles.